The maximum absolute atomic E-state index is 11.0. The van der Waals surface area contributed by atoms with E-state index in [1.165, 1.54) is 6.42 Å². The lowest BCUT2D eigenvalue weighted by molar-refractivity contribution is -0.121. The van der Waals surface area contributed by atoms with Gasteiger partial charge in [-0.05, 0) is 25.2 Å². The molecule has 0 saturated carbocycles. The van der Waals surface area contributed by atoms with Crippen molar-refractivity contribution in [3.8, 4) is 0 Å². The molecule has 3 heteroatoms. The van der Waals surface area contributed by atoms with Crippen LogP contribution in [0.25, 0.3) is 0 Å². The van der Waals surface area contributed by atoms with Gasteiger partial charge in [-0.15, -0.1) is 0 Å². The van der Waals surface area contributed by atoms with Crippen molar-refractivity contribution in [2.24, 2.45) is 5.92 Å². The minimum atomic E-state index is 0.189. The molecule has 0 aliphatic carbocycles. The van der Waals surface area contributed by atoms with Crippen molar-refractivity contribution < 1.29 is 4.79 Å². The second-order valence-corrected chi connectivity index (χ2v) is 4.15. The first-order chi connectivity index (χ1) is 6.20. The van der Waals surface area contributed by atoms with Crippen LogP contribution in [0.3, 0.4) is 0 Å². The number of hydrogen-bond acceptors (Lipinski definition) is 1. The van der Waals surface area contributed by atoms with Crippen LogP contribution in [0.2, 0.25) is 0 Å². The lowest BCUT2D eigenvalue weighted by Gasteiger charge is -2.07. The third kappa shape index (κ3) is 8.28. The second-order valence-electron chi connectivity index (χ2n) is 3.50. The summed E-state index contributed by atoms with van der Waals surface area (Å²) >= 11 is 3.43. The fourth-order valence-electron chi connectivity index (χ4n) is 1.07. The first-order valence-corrected chi connectivity index (χ1v) is 6.15. The first kappa shape index (κ1) is 12.9. The lowest BCUT2D eigenvalue weighted by Crippen LogP contribution is -2.24. The van der Waals surface area contributed by atoms with E-state index < -0.39 is 0 Å². The van der Waals surface area contributed by atoms with Gasteiger partial charge >= 0.3 is 0 Å². The predicted octanol–water partition coefficient (Wildman–Crippen LogP) is 2.71. The summed E-state index contributed by atoms with van der Waals surface area (Å²) in [5.74, 6) is 0.900. The Bertz CT molecular complexity index is 139. The van der Waals surface area contributed by atoms with Gasteiger partial charge in [0.25, 0.3) is 0 Å². The summed E-state index contributed by atoms with van der Waals surface area (Å²) in [7, 11) is 0. The maximum Gasteiger partial charge on any atom is 0.219 e. The molecule has 0 saturated heterocycles. The Morgan fingerprint density at radius 2 is 2.23 bits per heavy atom. The second kappa shape index (κ2) is 8.54. The summed E-state index contributed by atoms with van der Waals surface area (Å²) < 4.78 is 0. The molecular weight excluding hydrogens is 230 g/mol. The van der Waals surface area contributed by atoms with Gasteiger partial charge in [0, 0.05) is 18.3 Å². The smallest absolute Gasteiger partial charge is 0.219 e. The zero-order chi connectivity index (χ0) is 10.1. The van der Waals surface area contributed by atoms with Crippen LogP contribution in [-0.4, -0.2) is 17.8 Å². The third-order valence-corrected chi connectivity index (χ3v) is 3.04. The molecule has 1 N–H and O–H groups in total. The number of rotatable bonds is 7. The third-order valence-electron chi connectivity index (χ3n) is 1.94. The zero-order valence-corrected chi connectivity index (χ0v) is 10.2. The van der Waals surface area contributed by atoms with Crippen molar-refractivity contribution >= 4 is 21.8 Å². The molecule has 0 radical (unpaired) electrons. The molecule has 13 heavy (non-hydrogen) atoms. The monoisotopic (exact) mass is 249 g/mol. The predicted molar refractivity (Wildman–Crippen MR) is 60.1 cm³/mol. The van der Waals surface area contributed by atoms with Crippen molar-refractivity contribution in [3.63, 3.8) is 0 Å². The van der Waals surface area contributed by atoms with E-state index >= 15 is 0 Å². The summed E-state index contributed by atoms with van der Waals surface area (Å²) in [6, 6.07) is 0. The highest BCUT2D eigenvalue weighted by Crippen LogP contribution is 2.07. The summed E-state index contributed by atoms with van der Waals surface area (Å²) in [4.78, 5) is 11.0. The van der Waals surface area contributed by atoms with Crippen molar-refractivity contribution in [3.05, 3.63) is 0 Å². The molecule has 0 aromatic rings. The van der Waals surface area contributed by atoms with Crippen LogP contribution in [-0.2, 0) is 4.79 Å². The van der Waals surface area contributed by atoms with Gasteiger partial charge in [0.1, 0.15) is 0 Å². The Balaban J connectivity index is 3.20. The van der Waals surface area contributed by atoms with E-state index in [0.717, 1.165) is 24.7 Å². The van der Waals surface area contributed by atoms with Crippen molar-refractivity contribution in [2.75, 3.05) is 11.9 Å². The Morgan fingerprint density at radius 1 is 1.54 bits per heavy atom. The normalized spacial score (nSPS) is 12.5. The van der Waals surface area contributed by atoms with Crippen LogP contribution >= 0.6 is 15.9 Å². The Morgan fingerprint density at radius 3 is 2.77 bits per heavy atom. The van der Waals surface area contributed by atoms with Crippen LogP contribution in [0.15, 0.2) is 0 Å². The molecule has 0 aliphatic heterocycles. The molecule has 0 spiro atoms. The highest BCUT2D eigenvalue weighted by atomic mass is 79.9. The van der Waals surface area contributed by atoms with E-state index in [-0.39, 0.29) is 5.91 Å². The number of amides is 1. The number of nitrogens with one attached hydrogen (secondary N) is 1. The Kier molecular flexibility index (Phi) is 8.51. The average molecular weight is 250 g/mol. The van der Waals surface area contributed by atoms with Gasteiger partial charge in [0.05, 0.1) is 0 Å². The topological polar surface area (TPSA) is 29.1 Å². The molecule has 0 rings (SSSR count). The molecule has 0 aromatic carbocycles. The van der Waals surface area contributed by atoms with Gasteiger partial charge in [-0.1, -0.05) is 29.8 Å². The number of alkyl halides is 1. The van der Waals surface area contributed by atoms with Gasteiger partial charge in [-0.2, -0.15) is 0 Å². The molecule has 2 nitrogen and oxygen atoms in total. The highest BCUT2D eigenvalue weighted by molar-refractivity contribution is 9.09. The van der Waals surface area contributed by atoms with Gasteiger partial charge in [-0.25, -0.2) is 0 Å². The largest absolute Gasteiger partial charge is 0.356 e. The van der Waals surface area contributed by atoms with E-state index in [9.17, 15) is 4.79 Å². The molecule has 1 atom stereocenters. The highest BCUT2D eigenvalue weighted by Gasteiger charge is 2.00. The molecule has 78 valence electrons. The molecule has 1 amide bonds. The number of carbonyl (C=O) groups excluding carboxylic acids is 1. The number of carbonyl (C=O) groups is 1. The fourth-order valence-corrected chi connectivity index (χ4v) is 1.39. The van der Waals surface area contributed by atoms with Crippen molar-refractivity contribution in [1.29, 1.82) is 0 Å². The Labute approximate surface area is 89.6 Å². The minimum absolute atomic E-state index is 0.189. The summed E-state index contributed by atoms with van der Waals surface area (Å²) in [5.41, 5.74) is 0. The van der Waals surface area contributed by atoms with Crippen LogP contribution in [0, 0.1) is 5.92 Å². The molecular formula is C10H20BrNO. The molecule has 0 heterocycles. The van der Waals surface area contributed by atoms with Crippen LogP contribution in [0.4, 0.5) is 0 Å². The van der Waals surface area contributed by atoms with E-state index in [1.54, 1.807) is 0 Å². The molecule has 0 aromatic heterocycles. The van der Waals surface area contributed by atoms with Crippen LogP contribution in [0.5, 0.6) is 0 Å². The summed E-state index contributed by atoms with van der Waals surface area (Å²) in [6.45, 7) is 5.06. The van der Waals surface area contributed by atoms with Crippen LogP contribution in [0.1, 0.15) is 39.5 Å². The lowest BCUT2D eigenvalue weighted by atomic mass is 10.1. The SMILES string of the molecule is CCCC(=O)NCCCC(C)CBr. The Hall–Kier alpha value is -0.0500. The molecule has 1 unspecified atom stereocenters. The summed E-state index contributed by atoms with van der Waals surface area (Å²) in [5, 5.41) is 3.96. The first-order valence-electron chi connectivity index (χ1n) is 5.03. The van der Waals surface area contributed by atoms with E-state index in [1.807, 2.05) is 6.92 Å². The standard InChI is InChI=1S/C10H20BrNO/c1-3-5-10(13)12-7-4-6-9(2)8-11/h9H,3-8H2,1-2H3,(H,12,13). The number of halogens is 1. The fraction of sp³-hybridized carbons (Fsp3) is 0.900. The molecule has 0 fully saturated rings. The maximum atomic E-state index is 11.0. The average Bonchev–Trinajstić information content (AvgIpc) is 2.12. The van der Waals surface area contributed by atoms with E-state index in [0.29, 0.717) is 12.3 Å². The van der Waals surface area contributed by atoms with Gasteiger partial charge in [0.2, 0.25) is 5.91 Å². The number of hydrogen-bond donors (Lipinski definition) is 1. The molecule has 0 bridgehead atoms. The summed E-state index contributed by atoms with van der Waals surface area (Å²) in [6.07, 6.45) is 3.86. The van der Waals surface area contributed by atoms with E-state index in [4.69, 9.17) is 0 Å². The van der Waals surface area contributed by atoms with E-state index in [2.05, 4.69) is 28.2 Å². The quantitative estimate of drug-likeness (QED) is 0.546. The van der Waals surface area contributed by atoms with Gasteiger partial charge in [-0.3, -0.25) is 4.79 Å². The minimum Gasteiger partial charge on any atom is -0.356 e. The van der Waals surface area contributed by atoms with Crippen LogP contribution < -0.4 is 5.32 Å². The van der Waals surface area contributed by atoms with Gasteiger partial charge in [0.15, 0.2) is 0 Å². The molecule has 0 aliphatic rings. The zero-order valence-electron chi connectivity index (χ0n) is 8.61. The van der Waals surface area contributed by atoms with Gasteiger partial charge < -0.3 is 5.32 Å². The van der Waals surface area contributed by atoms with Crippen molar-refractivity contribution in [1.82, 2.24) is 5.32 Å². The van der Waals surface area contributed by atoms with Crippen molar-refractivity contribution in [2.45, 2.75) is 39.5 Å².